The SMILES string of the molecule is CC1OCCCC1O. The Kier molecular flexibility index (Phi) is 1.86. The molecule has 2 nitrogen and oxygen atoms in total. The van der Waals surface area contributed by atoms with E-state index in [1.54, 1.807) is 0 Å². The minimum atomic E-state index is -0.219. The van der Waals surface area contributed by atoms with Crippen LogP contribution < -0.4 is 0 Å². The quantitative estimate of drug-likeness (QED) is 0.500. The first-order chi connectivity index (χ1) is 3.80. The van der Waals surface area contributed by atoms with Gasteiger partial charge in [0, 0.05) is 6.61 Å². The van der Waals surface area contributed by atoms with Crippen molar-refractivity contribution in [2.45, 2.75) is 32.0 Å². The molecule has 2 unspecified atom stereocenters. The summed E-state index contributed by atoms with van der Waals surface area (Å²) in [6, 6.07) is 0. The Bertz CT molecular complexity index is 62.9. The molecular weight excluding hydrogens is 104 g/mol. The van der Waals surface area contributed by atoms with E-state index in [-0.39, 0.29) is 12.2 Å². The van der Waals surface area contributed by atoms with Crippen LogP contribution in [0.4, 0.5) is 0 Å². The van der Waals surface area contributed by atoms with Gasteiger partial charge in [0.15, 0.2) is 0 Å². The van der Waals surface area contributed by atoms with Crippen molar-refractivity contribution in [1.82, 2.24) is 0 Å². The van der Waals surface area contributed by atoms with E-state index in [4.69, 9.17) is 9.84 Å². The summed E-state index contributed by atoms with van der Waals surface area (Å²) in [5.41, 5.74) is 0. The lowest BCUT2D eigenvalue weighted by atomic mass is 10.1. The molecule has 0 aromatic carbocycles. The van der Waals surface area contributed by atoms with Crippen LogP contribution in [-0.4, -0.2) is 23.9 Å². The average Bonchev–Trinajstić information content (AvgIpc) is 1.77. The van der Waals surface area contributed by atoms with Crippen molar-refractivity contribution in [3.05, 3.63) is 0 Å². The lowest BCUT2D eigenvalue weighted by Gasteiger charge is -2.24. The molecule has 0 aromatic rings. The maximum absolute atomic E-state index is 9.05. The highest BCUT2D eigenvalue weighted by atomic mass is 16.5. The molecular formula is C6H12O2. The molecule has 0 aliphatic carbocycles. The second-order valence-corrected chi connectivity index (χ2v) is 2.29. The first-order valence-corrected chi connectivity index (χ1v) is 3.10. The molecule has 2 heteroatoms. The highest BCUT2D eigenvalue weighted by Gasteiger charge is 2.18. The zero-order chi connectivity index (χ0) is 5.98. The molecule has 1 aliphatic rings. The summed E-state index contributed by atoms with van der Waals surface area (Å²) in [5, 5.41) is 9.05. The Hall–Kier alpha value is -0.0800. The van der Waals surface area contributed by atoms with Gasteiger partial charge in [-0.2, -0.15) is 0 Å². The molecule has 0 radical (unpaired) electrons. The lowest BCUT2D eigenvalue weighted by Crippen LogP contribution is -2.30. The summed E-state index contributed by atoms with van der Waals surface area (Å²) in [6.07, 6.45) is 1.75. The van der Waals surface area contributed by atoms with Crippen LogP contribution >= 0.6 is 0 Å². The Labute approximate surface area is 49.5 Å². The van der Waals surface area contributed by atoms with E-state index in [0.29, 0.717) is 0 Å². The van der Waals surface area contributed by atoms with E-state index in [1.165, 1.54) is 0 Å². The van der Waals surface area contributed by atoms with Gasteiger partial charge >= 0.3 is 0 Å². The summed E-state index contributed by atoms with van der Waals surface area (Å²) >= 11 is 0. The number of hydrogen-bond donors (Lipinski definition) is 1. The molecule has 2 atom stereocenters. The summed E-state index contributed by atoms with van der Waals surface area (Å²) in [6.45, 7) is 2.72. The minimum Gasteiger partial charge on any atom is -0.390 e. The predicted octanol–water partition coefficient (Wildman–Crippen LogP) is 0.546. The van der Waals surface area contributed by atoms with Crippen molar-refractivity contribution in [2.75, 3.05) is 6.61 Å². The third-order valence-electron chi connectivity index (χ3n) is 1.57. The molecule has 1 aliphatic heterocycles. The van der Waals surface area contributed by atoms with Crippen molar-refractivity contribution < 1.29 is 9.84 Å². The van der Waals surface area contributed by atoms with Gasteiger partial charge in [0.1, 0.15) is 0 Å². The van der Waals surface area contributed by atoms with Gasteiger partial charge in [-0.15, -0.1) is 0 Å². The monoisotopic (exact) mass is 116 g/mol. The fourth-order valence-electron chi connectivity index (χ4n) is 0.907. The molecule has 48 valence electrons. The molecule has 1 N–H and O–H groups in total. The Morgan fingerprint density at radius 2 is 2.38 bits per heavy atom. The van der Waals surface area contributed by atoms with Gasteiger partial charge in [-0.05, 0) is 19.8 Å². The third kappa shape index (κ3) is 1.20. The molecule has 0 saturated carbocycles. The zero-order valence-corrected chi connectivity index (χ0v) is 5.13. The van der Waals surface area contributed by atoms with Crippen LogP contribution in [0.2, 0.25) is 0 Å². The maximum atomic E-state index is 9.05. The fraction of sp³-hybridized carbons (Fsp3) is 1.00. The smallest absolute Gasteiger partial charge is 0.0805 e. The topological polar surface area (TPSA) is 29.5 Å². The van der Waals surface area contributed by atoms with Crippen LogP contribution in [0, 0.1) is 0 Å². The molecule has 1 saturated heterocycles. The maximum Gasteiger partial charge on any atom is 0.0805 e. The molecule has 0 aromatic heterocycles. The first kappa shape index (κ1) is 6.05. The fourth-order valence-corrected chi connectivity index (χ4v) is 0.907. The summed E-state index contributed by atoms with van der Waals surface area (Å²) in [5.74, 6) is 0. The largest absolute Gasteiger partial charge is 0.390 e. The van der Waals surface area contributed by atoms with Gasteiger partial charge in [0.25, 0.3) is 0 Å². The van der Waals surface area contributed by atoms with E-state index in [2.05, 4.69) is 0 Å². The molecule has 8 heavy (non-hydrogen) atoms. The molecule has 1 fully saturated rings. The van der Waals surface area contributed by atoms with Crippen molar-refractivity contribution in [2.24, 2.45) is 0 Å². The standard InChI is InChI=1S/C6H12O2/c1-5-6(7)3-2-4-8-5/h5-7H,2-4H2,1H3. The van der Waals surface area contributed by atoms with Crippen LogP contribution in [0.5, 0.6) is 0 Å². The first-order valence-electron chi connectivity index (χ1n) is 3.10. The van der Waals surface area contributed by atoms with Crippen LogP contribution in [0.1, 0.15) is 19.8 Å². The van der Waals surface area contributed by atoms with Crippen molar-refractivity contribution in [1.29, 1.82) is 0 Å². The minimum absolute atomic E-state index is 0.0590. The van der Waals surface area contributed by atoms with E-state index >= 15 is 0 Å². The van der Waals surface area contributed by atoms with E-state index in [0.717, 1.165) is 19.4 Å². The van der Waals surface area contributed by atoms with Crippen molar-refractivity contribution >= 4 is 0 Å². The number of hydrogen-bond acceptors (Lipinski definition) is 2. The van der Waals surface area contributed by atoms with E-state index in [1.807, 2.05) is 6.92 Å². The van der Waals surface area contributed by atoms with E-state index in [9.17, 15) is 0 Å². The van der Waals surface area contributed by atoms with Gasteiger partial charge < -0.3 is 9.84 Å². The van der Waals surface area contributed by atoms with Crippen molar-refractivity contribution in [3.8, 4) is 0 Å². The van der Waals surface area contributed by atoms with Crippen LogP contribution in [0.15, 0.2) is 0 Å². The number of rotatable bonds is 0. The van der Waals surface area contributed by atoms with Gasteiger partial charge in [0.05, 0.1) is 12.2 Å². The molecule has 1 heterocycles. The highest BCUT2D eigenvalue weighted by molar-refractivity contribution is 4.67. The number of ether oxygens (including phenoxy) is 1. The second kappa shape index (κ2) is 2.46. The van der Waals surface area contributed by atoms with Crippen LogP contribution in [0.3, 0.4) is 0 Å². The van der Waals surface area contributed by atoms with Gasteiger partial charge in [-0.1, -0.05) is 0 Å². The molecule has 0 amide bonds. The summed E-state index contributed by atoms with van der Waals surface area (Å²) < 4.78 is 5.14. The lowest BCUT2D eigenvalue weighted by molar-refractivity contribution is -0.0634. The third-order valence-corrected chi connectivity index (χ3v) is 1.57. The zero-order valence-electron chi connectivity index (χ0n) is 5.13. The Morgan fingerprint density at radius 1 is 1.62 bits per heavy atom. The molecule has 1 rings (SSSR count). The van der Waals surface area contributed by atoms with Crippen molar-refractivity contribution in [3.63, 3.8) is 0 Å². The number of aliphatic hydroxyl groups excluding tert-OH is 1. The van der Waals surface area contributed by atoms with Gasteiger partial charge in [-0.25, -0.2) is 0 Å². The summed E-state index contributed by atoms with van der Waals surface area (Å²) in [7, 11) is 0. The Balaban J connectivity index is 2.28. The highest BCUT2D eigenvalue weighted by Crippen LogP contribution is 2.11. The predicted molar refractivity (Wildman–Crippen MR) is 30.7 cm³/mol. The molecule has 0 spiro atoms. The number of aliphatic hydroxyl groups is 1. The second-order valence-electron chi connectivity index (χ2n) is 2.29. The van der Waals surface area contributed by atoms with Gasteiger partial charge in [-0.3, -0.25) is 0 Å². The van der Waals surface area contributed by atoms with Crippen LogP contribution in [0.25, 0.3) is 0 Å². The average molecular weight is 116 g/mol. The van der Waals surface area contributed by atoms with Crippen LogP contribution in [-0.2, 0) is 4.74 Å². The molecule has 0 bridgehead atoms. The summed E-state index contributed by atoms with van der Waals surface area (Å²) in [4.78, 5) is 0. The Morgan fingerprint density at radius 3 is 2.75 bits per heavy atom. The van der Waals surface area contributed by atoms with E-state index < -0.39 is 0 Å². The normalized spacial score (nSPS) is 39.8. The van der Waals surface area contributed by atoms with Gasteiger partial charge in [0.2, 0.25) is 0 Å².